The summed E-state index contributed by atoms with van der Waals surface area (Å²) in [5.74, 6) is -0.519. The fourth-order valence-corrected chi connectivity index (χ4v) is 2.16. The van der Waals surface area contributed by atoms with Crippen LogP contribution in [-0.2, 0) is 0 Å². The summed E-state index contributed by atoms with van der Waals surface area (Å²) in [6.07, 6.45) is 7.39. The summed E-state index contributed by atoms with van der Waals surface area (Å²) >= 11 is 0. The summed E-state index contributed by atoms with van der Waals surface area (Å²) < 4.78 is 5.50. The minimum Gasteiger partial charge on any atom is -0.492 e. The van der Waals surface area contributed by atoms with Crippen molar-refractivity contribution in [3.8, 4) is 11.8 Å². The molecule has 0 aliphatic heterocycles. The van der Waals surface area contributed by atoms with Crippen molar-refractivity contribution in [3.63, 3.8) is 0 Å². The minimum absolute atomic E-state index is 0.229. The molecule has 2 rings (SSSR count). The Balaban J connectivity index is 1.96. The van der Waals surface area contributed by atoms with E-state index in [1.165, 1.54) is 25.5 Å². The van der Waals surface area contributed by atoms with Gasteiger partial charge in [0.2, 0.25) is 11.8 Å². The first kappa shape index (κ1) is 12.6. The van der Waals surface area contributed by atoms with Crippen molar-refractivity contribution in [3.05, 3.63) is 11.9 Å². The Morgan fingerprint density at radius 1 is 1.44 bits per heavy atom. The first-order valence-electron chi connectivity index (χ1n) is 6.15. The Bertz CT molecular complexity index is 431. The van der Waals surface area contributed by atoms with Crippen molar-refractivity contribution in [2.24, 2.45) is 11.7 Å². The zero-order chi connectivity index (χ0) is 13.0. The molecule has 1 fully saturated rings. The van der Waals surface area contributed by atoms with Gasteiger partial charge < -0.3 is 15.6 Å². The van der Waals surface area contributed by atoms with Gasteiger partial charge in [0.25, 0.3) is 5.91 Å². The monoisotopic (exact) mass is 251 g/mol. The second-order valence-electron chi connectivity index (χ2n) is 4.56. The Morgan fingerprint density at radius 2 is 2.17 bits per heavy atom. The van der Waals surface area contributed by atoms with E-state index in [9.17, 15) is 9.90 Å². The zero-order valence-electron chi connectivity index (χ0n) is 10.1. The molecular weight excluding hydrogens is 234 g/mol. The lowest BCUT2D eigenvalue weighted by Crippen LogP contribution is -2.18. The Labute approximate surface area is 105 Å². The number of ether oxygens (including phenoxy) is 1. The van der Waals surface area contributed by atoms with Gasteiger partial charge in [-0.2, -0.15) is 0 Å². The summed E-state index contributed by atoms with van der Waals surface area (Å²) in [5, 5.41) is 9.29. The van der Waals surface area contributed by atoms with Crippen LogP contribution in [0.5, 0.6) is 11.8 Å². The van der Waals surface area contributed by atoms with E-state index < -0.39 is 11.8 Å². The normalized spacial score (nSPS) is 16.4. The lowest BCUT2D eigenvalue weighted by molar-refractivity contribution is 0.0990. The first-order chi connectivity index (χ1) is 8.66. The van der Waals surface area contributed by atoms with Crippen LogP contribution < -0.4 is 10.5 Å². The molecule has 0 spiro atoms. The lowest BCUT2D eigenvalue weighted by atomic mass is 9.90. The van der Waals surface area contributed by atoms with Gasteiger partial charge in [0.1, 0.15) is 0 Å². The summed E-state index contributed by atoms with van der Waals surface area (Å²) in [6.45, 7) is 0.567. The summed E-state index contributed by atoms with van der Waals surface area (Å²) in [4.78, 5) is 18.5. The van der Waals surface area contributed by atoms with Crippen LogP contribution in [0, 0.1) is 5.92 Å². The maximum absolute atomic E-state index is 11.0. The van der Waals surface area contributed by atoms with E-state index in [-0.39, 0.29) is 11.6 Å². The predicted octanol–water partition coefficient (Wildman–Crippen LogP) is 1.24. The van der Waals surface area contributed by atoms with Crippen molar-refractivity contribution in [2.75, 3.05) is 6.61 Å². The van der Waals surface area contributed by atoms with E-state index in [4.69, 9.17) is 10.5 Å². The van der Waals surface area contributed by atoms with Crippen molar-refractivity contribution < 1.29 is 14.6 Å². The van der Waals surface area contributed by atoms with E-state index in [1.807, 2.05) is 0 Å². The average Bonchev–Trinajstić information content (AvgIpc) is 2.38. The van der Waals surface area contributed by atoms with E-state index >= 15 is 0 Å². The second kappa shape index (κ2) is 5.66. The molecular formula is C12H17N3O3. The quantitative estimate of drug-likeness (QED) is 0.838. The van der Waals surface area contributed by atoms with Gasteiger partial charge in [-0.1, -0.05) is 19.3 Å². The topological polar surface area (TPSA) is 98.3 Å². The second-order valence-corrected chi connectivity index (χ2v) is 4.56. The van der Waals surface area contributed by atoms with Gasteiger partial charge in [-0.15, -0.1) is 0 Å². The third-order valence-electron chi connectivity index (χ3n) is 3.16. The summed E-state index contributed by atoms with van der Waals surface area (Å²) in [7, 11) is 0. The molecule has 0 atom stereocenters. The highest BCUT2D eigenvalue weighted by Gasteiger charge is 2.16. The number of hydrogen-bond donors (Lipinski definition) is 2. The van der Waals surface area contributed by atoms with Gasteiger partial charge in [-0.25, -0.2) is 9.97 Å². The SMILES string of the molecule is NC(=O)c1nc(OCC2CCCCC2)cnc1O. The van der Waals surface area contributed by atoms with Crippen molar-refractivity contribution in [2.45, 2.75) is 32.1 Å². The highest BCUT2D eigenvalue weighted by atomic mass is 16.5. The van der Waals surface area contributed by atoms with Crippen LogP contribution in [0.25, 0.3) is 0 Å². The molecule has 98 valence electrons. The summed E-state index contributed by atoms with van der Waals surface area (Å²) in [6, 6.07) is 0. The van der Waals surface area contributed by atoms with E-state index in [0.717, 1.165) is 12.8 Å². The maximum Gasteiger partial charge on any atom is 0.273 e. The Kier molecular flexibility index (Phi) is 3.96. The van der Waals surface area contributed by atoms with Crippen molar-refractivity contribution >= 4 is 5.91 Å². The maximum atomic E-state index is 11.0. The summed E-state index contributed by atoms with van der Waals surface area (Å²) in [5.41, 5.74) is 4.81. The minimum atomic E-state index is -0.817. The van der Waals surface area contributed by atoms with Gasteiger partial charge in [0.15, 0.2) is 5.69 Å². The molecule has 1 aromatic heterocycles. The number of primary amides is 1. The molecule has 1 amide bonds. The Morgan fingerprint density at radius 3 is 2.83 bits per heavy atom. The molecule has 18 heavy (non-hydrogen) atoms. The number of nitrogens with two attached hydrogens (primary N) is 1. The van der Waals surface area contributed by atoms with Crippen molar-refractivity contribution in [1.29, 1.82) is 0 Å². The van der Waals surface area contributed by atoms with Crippen LogP contribution in [0.1, 0.15) is 42.6 Å². The molecule has 1 aromatic rings. The number of carbonyl (C=O) groups is 1. The van der Waals surface area contributed by atoms with Gasteiger partial charge >= 0.3 is 0 Å². The molecule has 0 unspecified atom stereocenters. The molecule has 3 N–H and O–H groups in total. The fraction of sp³-hybridized carbons (Fsp3) is 0.583. The smallest absolute Gasteiger partial charge is 0.273 e. The van der Waals surface area contributed by atoms with Gasteiger partial charge in [-0.05, 0) is 18.8 Å². The standard InChI is InChI=1S/C12H17N3O3/c13-11(16)10-12(17)14-6-9(15-10)18-7-8-4-2-1-3-5-8/h6,8H,1-5,7H2,(H2,13,16)(H,14,17). The first-order valence-corrected chi connectivity index (χ1v) is 6.15. The van der Waals surface area contributed by atoms with Crippen molar-refractivity contribution in [1.82, 2.24) is 9.97 Å². The van der Waals surface area contributed by atoms with Crippen LogP contribution >= 0.6 is 0 Å². The number of nitrogens with zero attached hydrogens (tertiary/aromatic N) is 2. The van der Waals surface area contributed by atoms with Crippen LogP contribution in [0.2, 0.25) is 0 Å². The number of amides is 1. The molecule has 1 aliphatic carbocycles. The van der Waals surface area contributed by atoms with Gasteiger partial charge in [-0.3, -0.25) is 4.79 Å². The fourth-order valence-electron chi connectivity index (χ4n) is 2.16. The largest absolute Gasteiger partial charge is 0.492 e. The molecule has 1 saturated carbocycles. The van der Waals surface area contributed by atoms with E-state index in [0.29, 0.717) is 12.5 Å². The van der Waals surface area contributed by atoms with Crippen LogP contribution in [0.3, 0.4) is 0 Å². The molecule has 6 heteroatoms. The van der Waals surface area contributed by atoms with Gasteiger partial charge in [0.05, 0.1) is 12.8 Å². The average molecular weight is 251 g/mol. The van der Waals surface area contributed by atoms with Crippen LogP contribution in [0.4, 0.5) is 0 Å². The number of aromatic nitrogens is 2. The third-order valence-corrected chi connectivity index (χ3v) is 3.16. The lowest BCUT2D eigenvalue weighted by Gasteiger charge is -2.21. The highest BCUT2D eigenvalue weighted by molar-refractivity contribution is 5.92. The third kappa shape index (κ3) is 3.09. The highest BCUT2D eigenvalue weighted by Crippen LogP contribution is 2.24. The van der Waals surface area contributed by atoms with Crippen LogP contribution in [-0.4, -0.2) is 27.6 Å². The molecule has 1 aliphatic rings. The van der Waals surface area contributed by atoms with Crippen LogP contribution in [0.15, 0.2) is 6.20 Å². The number of rotatable bonds is 4. The zero-order valence-corrected chi connectivity index (χ0v) is 10.1. The molecule has 0 aromatic carbocycles. The number of carbonyl (C=O) groups excluding carboxylic acids is 1. The van der Waals surface area contributed by atoms with E-state index in [2.05, 4.69) is 9.97 Å². The molecule has 1 heterocycles. The van der Waals surface area contributed by atoms with Gasteiger partial charge in [0, 0.05) is 0 Å². The molecule has 0 saturated heterocycles. The molecule has 0 bridgehead atoms. The molecule has 6 nitrogen and oxygen atoms in total. The number of aromatic hydroxyl groups is 1. The molecule has 0 radical (unpaired) electrons. The van der Waals surface area contributed by atoms with E-state index in [1.54, 1.807) is 0 Å². The predicted molar refractivity (Wildman–Crippen MR) is 64.3 cm³/mol. The number of hydrogen-bond acceptors (Lipinski definition) is 5. The Hall–Kier alpha value is -1.85.